The van der Waals surface area contributed by atoms with Crippen molar-refractivity contribution in [1.29, 1.82) is 0 Å². The first-order chi connectivity index (χ1) is 14.0. The van der Waals surface area contributed by atoms with E-state index < -0.39 is 0 Å². The normalized spacial score (nSPS) is 18.9. The molecule has 0 unspecified atom stereocenters. The van der Waals surface area contributed by atoms with Crippen molar-refractivity contribution < 1.29 is 9.53 Å². The highest BCUT2D eigenvalue weighted by Gasteiger charge is 2.34. The molecule has 1 aromatic heterocycles. The maximum Gasteiger partial charge on any atom is 0.224 e. The lowest BCUT2D eigenvalue weighted by atomic mass is 9.75. The fourth-order valence-corrected chi connectivity index (χ4v) is 3.95. The monoisotopic (exact) mass is 395 g/mol. The lowest BCUT2D eigenvalue weighted by Crippen LogP contribution is -2.39. The molecule has 2 heterocycles. The van der Waals surface area contributed by atoms with Crippen LogP contribution in [0.3, 0.4) is 0 Å². The number of ketones is 1. The van der Waals surface area contributed by atoms with E-state index in [1.54, 1.807) is 0 Å². The zero-order chi connectivity index (χ0) is 20.3. The molecule has 4 rings (SSSR count). The number of hydrogen-bond acceptors (Lipinski definition) is 7. The smallest absolute Gasteiger partial charge is 0.224 e. The van der Waals surface area contributed by atoms with Crippen LogP contribution in [0.2, 0.25) is 0 Å². The van der Waals surface area contributed by atoms with Crippen molar-refractivity contribution >= 4 is 23.2 Å². The number of fused-ring (bicyclic) bond motifs is 1. The van der Waals surface area contributed by atoms with E-state index in [2.05, 4.69) is 34.4 Å². The number of nitrogens with one attached hydrogen (secondary N) is 2. The Balaban J connectivity index is 1.56. The summed E-state index contributed by atoms with van der Waals surface area (Å²) in [7, 11) is 0. The van der Waals surface area contributed by atoms with E-state index in [0.717, 1.165) is 57.2 Å². The third-order valence-electron chi connectivity index (χ3n) is 5.40. The minimum atomic E-state index is -0.0898. The molecule has 2 N–H and O–H groups in total. The summed E-state index contributed by atoms with van der Waals surface area (Å²) >= 11 is 0. The maximum absolute atomic E-state index is 12.9. The van der Waals surface area contributed by atoms with Gasteiger partial charge in [0.1, 0.15) is 5.82 Å². The van der Waals surface area contributed by atoms with Gasteiger partial charge >= 0.3 is 0 Å². The lowest BCUT2D eigenvalue weighted by molar-refractivity contribution is 0.0398. The number of Topliss-reactive ketones (excluding diaryl/α,β-unsaturated/α-hetero) is 1. The van der Waals surface area contributed by atoms with E-state index in [0.29, 0.717) is 23.8 Å². The van der Waals surface area contributed by atoms with Gasteiger partial charge < -0.3 is 15.4 Å². The third-order valence-corrected chi connectivity index (χ3v) is 5.40. The molecule has 0 spiro atoms. The van der Waals surface area contributed by atoms with Gasteiger partial charge in [0.15, 0.2) is 5.78 Å². The second-order valence-electron chi connectivity index (χ2n) is 8.53. The molecule has 0 atom stereocenters. The predicted octanol–water partition coefficient (Wildman–Crippen LogP) is 3.12. The number of anilines is 3. The molecule has 29 heavy (non-hydrogen) atoms. The molecule has 2 aliphatic rings. The molecule has 1 aliphatic carbocycles. The third kappa shape index (κ3) is 4.92. The first kappa shape index (κ1) is 19.8. The van der Waals surface area contributed by atoms with Gasteiger partial charge in [0.25, 0.3) is 0 Å². The Hall–Kier alpha value is -2.51. The highest BCUT2D eigenvalue weighted by molar-refractivity contribution is 6.03. The van der Waals surface area contributed by atoms with Crippen LogP contribution in [0.1, 0.15) is 36.3 Å². The molecule has 7 nitrogen and oxygen atoms in total. The largest absolute Gasteiger partial charge is 0.379 e. The molecule has 0 radical (unpaired) electrons. The molecule has 0 amide bonds. The van der Waals surface area contributed by atoms with Gasteiger partial charge in [-0.15, -0.1) is 0 Å². The van der Waals surface area contributed by atoms with E-state index >= 15 is 0 Å². The zero-order valence-electron chi connectivity index (χ0n) is 17.2. The van der Waals surface area contributed by atoms with Crippen LogP contribution < -0.4 is 10.6 Å². The number of ether oxygens (including phenoxy) is 1. The van der Waals surface area contributed by atoms with Gasteiger partial charge in [0.05, 0.1) is 24.5 Å². The molecule has 7 heteroatoms. The Morgan fingerprint density at radius 3 is 2.62 bits per heavy atom. The number of carbonyl (C=O) groups excluding carboxylic acids is 1. The summed E-state index contributed by atoms with van der Waals surface area (Å²) in [5.74, 6) is 1.27. The van der Waals surface area contributed by atoms with Gasteiger partial charge in [0.2, 0.25) is 5.95 Å². The van der Waals surface area contributed by atoms with E-state index in [-0.39, 0.29) is 11.2 Å². The second-order valence-corrected chi connectivity index (χ2v) is 8.53. The second kappa shape index (κ2) is 8.47. The average Bonchev–Trinajstić information content (AvgIpc) is 2.68. The van der Waals surface area contributed by atoms with Gasteiger partial charge in [-0.05, 0) is 24.0 Å². The van der Waals surface area contributed by atoms with Crippen molar-refractivity contribution in [1.82, 2.24) is 14.9 Å². The van der Waals surface area contributed by atoms with E-state index in [1.807, 2.05) is 30.3 Å². The molecule has 1 aromatic carbocycles. The number of morpholine rings is 1. The fraction of sp³-hybridized carbons (Fsp3) is 0.500. The van der Waals surface area contributed by atoms with Crippen LogP contribution in [0, 0.1) is 5.41 Å². The van der Waals surface area contributed by atoms with Crippen molar-refractivity contribution in [3.63, 3.8) is 0 Å². The number of rotatable bonds is 6. The minimum Gasteiger partial charge on any atom is -0.379 e. The number of benzene rings is 1. The fourth-order valence-electron chi connectivity index (χ4n) is 3.95. The molecule has 1 saturated heterocycles. The van der Waals surface area contributed by atoms with Gasteiger partial charge in [-0.3, -0.25) is 9.69 Å². The van der Waals surface area contributed by atoms with E-state index in [4.69, 9.17) is 9.72 Å². The summed E-state index contributed by atoms with van der Waals surface area (Å²) in [6.45, 7) is 9.38. The summed E-state index contributed by atoms with van der Waals surface area (Å²) in [4.78, 5) is 24.6. The molecule has 1 fully saturated rings. The average molecular weight is 396 g/mol. The number of carbonyl (C=O) groups is 1. The number of nitrogens with zero attached hydrogens (tertiary/aromatic N) is 3. The topological polar surface area (TPSA) is 79.4 Å². The standard InChI is InChI=1S/C22H29N5O2/c1-22(2)14-17-19(18(28)15-22)20(24-16-6-4-3-5-7-16)26-21(25-17)23-8-9-27-10-12-29-13-11-27/h3-7H,8-15H2,1-2H3,(H2,23,24,25,26). The Bertz CT molecular complexity index is 863. The quantitative estimate of drug-likeness (QED) is 0.778. The summed E-state index contributed by atoms with van der Waals surface area (Å²) in [5, 5.41) is 6.69. The summed E-state index contributed by atoms with van der Waals surface area (Å²) in [6.07, 6.45) is 1.27. The SMILES string of the molecule is CC1(C)CC(=O)c2c(nc(NCCN3CCOCC3)nc2Nc2ccccc2)C1. The predicted molar refractivity (Wildman–Crippen MR) is 114 cm³/mol. The first-order valence-electron chi connectivity index (χ1n) is 10.3. The van der Waals surface area contributed by atoms with Crippen LogP contribution in [0.4, 0.5) is 17.5 Å². The highest BCUT2D eigenvalue weighted by atomic mass is 16.5. The summed E-state index contributed by atoms with van der Waals surface area (Å²) < 4.78 is 5.40. The number of para-hydroxylation sites is 1. The lowest BCUT2D eigenvalue weighted by Gasteiger charge is -2.30. The molecule has 0 saturated carbocycles. The van der Waals surface area contributed by atoms with Gasteiger partial charge in [-0.25, -0.2) is 4.98 Å². The van der Waals surface area contributed by atoms with Crippen LogP contribution in [0.15, 0.2) is 30.3 Å². The number of hydrogen-bond donors (Lipinski definition) is 2. The van der Waals surface area contributed by atoms with Gasteiger partial charge in [-0.1, -0.05) is 32.0 Å². The maximum atomic E-state index is 12.9. The van der Waals surface area contributed by atoms with E-state index in [1.165, 1.54) is 0 Å². The van der Waals surface area contributed by atoms with Crippen molar-refractivity contribution in [3.05, 3.63) is 41.6 Å². The Labute approximate surface area is 171 Å². The molecule has 2 aromatic rings. The van der Waals surface area contributed by atoms with Crippen molar-refractivity contribution in [2.75, 3.05) is 50.0 Å². The zero-order valence-corrected chi connectivity index (χ0v) is 17.2. The molecule has 154 valence electrons. The van der Waals surface area contributed by atoms with Crippen LogP contribution in [-0.2, 0) is 11.2 Å². The Kier molecular flexibility index (Phi) is 5.78. The van der Waals surface area contributed by atoms with Crippen LogP contribution in [0.5, 0.6) is 0 Å². The van der Waals surface area contributed by atoms with Gasteiger partial charge in [0, 0.05) is 38.3 Å². The number of aromatic nitrogens is 2. The van der Waals surface area contributed by atoms with Crippen LogP contribution in [0.25, 0.3) is 0 Å². The molecule has 1 aliphatic heterocycles. The summed E-state index contributed by atoms with van der Waals surface area (Å²) in [5.41, 5.74) is 2.28. The van der Waals surface area contributed by atoms with Crippen molar-refractivity contribution in [2.45, 2.75) is 26.7 Å². The Morgan fingerprint density at radius 2 is 1.86 bits per heavy atom. The first-order valence-corrected chi connectivity index (χ1v) is 10.3. The highest BCUT2D eigenvalue weighted by Crippen LogP contribution is 2.37. The summed E-state index contributed by atoms with van der Waals surface area (Å²) in [6, 6.07) is 9.83. The molecular weight excluding hydrogens is 366 g/mol. The van der Waals surface area contributed by atoms with Gasteiger partial charge in [-0.2, -0.15) is 4.98 Å². The van der Waals surface area contributed by atoms with E-state index in [9.17, 15) is 4.79 Å². The van der Waals surface area contributed by atoms with Crippen molar-refractivity contribution in [2.24, 2.45) is 5.41 Å². The van der Waals surface area contributed by atoms with Crippen LogP contribution >= 0.6 is 0 Å². The molecule has 0 bridgehead atoms. The minimum absolute atomic E-state index is 0.0898. The van der Waals surface area contributed by atoms with Crippen LogP contribution in [-0.4, -0.2) is 60.0 Å². The molecular formula is C22H29N5O2. The Morgan fingerprint density at radius 1 is 1.10 bits per heavy atom. The van der Waals surface area contributed by atoms with Crippen molar-refractivity contribution in [3.8, 4) is 0 Å².